The fourth-order valence-corrected chi connectivity index (χ4v) is 2.03. The number of Topliss-reactive ketones (excluding diaryl/α,β-unsaturated/α-hetero) is 1. The Bertz CT molecular complexity index is 321. The van der Waals surface area contributed by atoms with Crippen molar-refractivity contribution in [2.75, 3.05) is 13.2 Å². The van der Waals surface area contributed by atoms with Crippen molar-refractivity contribution < 1.29 is 19.1 Å². The Balaban J connectivity index is 2.77. The van der Waals surface area contributed by atoms with E-state index in [2.05, 4.69) is 0 Å². The van der Waals surface area contributed by atoms with E-state index in [4.69, 9.17) is 9.47 Å². The van der Waals surface area contributed by atoms with E-state index in [-0.39, 0.29) is 24.0 Å². The predicted molar refractivity (Wildman–Crippen MR) is 67.4 cm³/mol. The normalized spacial score (nSPS) is 24.8. The number of ether oxygens (including phenoxy) is 2. The highest BCUT2D eigenvalue weighted by atomic mass is 16.6. The van der Waals surface area contributed by atoms with Crippen LogP contribution in [0.15, 0.2) is 0 Å². The first kappa shape index (κ1) is 15.0. The third-order valence-electron chi connectivity index (χ3n) is 2.66. The van der Waals surface area contributed by atoms with Crippen molar-refractivity contribution >= 4 is 11.9 Å². The molecule has 5 nitrogen and oxygen atoms in total. The molecule has 104 valence electrons. The zero-order valence-corrected chi connectivity index (χ0v) is 11.9. The van der Waals surface area contributed by atoms with Gasteiger partial charge in [0.1, 0.15) is 11.4 Å². The third kappa shape index (κ3) is 4.29. The van der Waals surface area contributed by atoms with Crippen LogP contribution in [-0.2, 0) is 14.3 Å². The molecule has 2 unspecified atom stereocenters. The van der Waals surface area contributed by atoms with Crippen LogP contribution in [0.4, 0.5) is 4.79 Å². The van der Waals surface area contributed by atoms with Gasteiger partial charge in [0.2, 0.25) is 0 Å². The molecule has 0 saturated carbocycles. The number of hydrogen-bond donors (Lipinski definition) is 0. The Kier molecular flexibility index (Phi) is 4.73. The van der Waals surface area contributed by atoms with Gasteiger partial charge in [0.05, 0.1) is 25.3 Å². The maximum atomic E-state index is 12.2. The first-order valence-corrected chi connectivity index (χ1v) is 6.29. The van der Waals surface area contributed by atoms with Crippen LogP contribution < -0.4 is 0 Å². The first-order valence-electron chi connectivity index (χ1n) is 6.29. The average molecular weight is 257 g/mol. The Morgan fingerprint density at radius 3 is 2.44 bits per heavy atom. The van der Waals surface area contributed by atoms with E-state index < -0.39 is 5.60 Å². The molecule has 0 bridgehead atoms. The molecule has 1 fully saturated rings. The molecule has 0 aromatic carbocycles. The minimum Gasteiger partial charge on any atom is -0.444 e. The summed E-state index contributed by atoms with van der Waals surface area (Å²) in [5, 5.41) is 0. The van der Waals surface area contributed by atoms with E-state index in [0.717, 1.165) is 0 Å². The van der Waals surface area contributed by atoms with Gasteiger partial charge in [-0.2, -0.15) is 0 Å². The molecular formula is C13H23NO4. The van der Waals surface area contributed by atoms with E-state index in [9.17, 15) is 9.59 Å². The predicted octanol–water partition coefficient (Wildman–Crippen LogP) is 1.99. The number of ketones is 1. The topological polar surface area (TPSA) is 55.8 Å². The summed E-state index contributed by atoms with van der Waals surface area (Å²) in [5.41, 5.74) is -0.532. The van der Waals surface area contributed by atoms with E-state index in [1.54, 1.807) is 4.90 Å². The molecule has 5 heteroatoms. The molecule has 18 heavy (non-hydrogen) atoms. The van der Waals surface area contributed by atoms with Gasteiger partial charge in [-0.3, -0.25) is 9.69 Å². The number of rotatable bonds is 2. The van der Waals surface area contributed by atoms with Crippen LogP contribution in [0.3, 0.4) is 0 Å². The fourth-order valence-electron chi connectivity index (χ4n) is 2.03. The highest BCUT2D eigenvalue weighted by Gasteiger charge is 2.35. The van der Waals surface area contributed by atoms with Crippen LogP contribution in [0.25, 0.3) is 0 Å². The highest BCUT2D eigenvalue weighted by Crippen LogP contribution is 2.20. The average Bonchev–Trinajstić information content (AvgIpc) is 2.13. The summed E-state index contributed by atoms with van der Waals surface area (Å²) in [4.78, 5) is 25.0. The lowest BCUT2D eigenvalue weighted by Crippen LogP contribution is -2.55. The quantitative estimate of drug-likeness (QED) is 0.759. The van der Waals surface area contributed by atoms with Crippen LogP contribution in [-0.4, -0.2) is 47.7 Å². The monoisotopic (exact) mass is 257 g/mol. The van der Waals surface area contributed by atoms with Gasteiger partial charge >= 0.3 is 6.09 Å². The highest BCUT2D eigenvalue weighted by molar-refractivity contribution is 5.77. The van der Waals surface area contributed by atoms with Gasteiger partial charge in [-0.15, -0.1) is 0 Å². The zero-order chi connectivity index (χ0) is 13.9. The van der Waals surface area contributed by atoms with Crippen molar-refractivity contribution in [3.8, 4) is 0 Å². The molecule has 1 heterocycles. The lowest BCUT2D eigenvalue weighted by atomic mass is 10.1. The molecular weight excluding hydrogens is 234 g/mol. The van der Waals surface area contributed by atoms with Crippen molar-refractivity contribution in [1.29, 1.82) is 0 Å². The largest absolute Gasteiger partial charge is 0.444 e. The van der Waals surface area contributed by atoms with Crippen molar-refractivity contribution in [2.45, 2.75) is 58.7 Å². The number of carbonyl (C=O) groups excluding carboxylic acids is 2. The molecule has 0 radical (unpaired) electrons. The van der Waals surface area contributed by atoms with E-state index in [1.807, 2.05) is 27.7 Å². The summed E-state index contributed by atoms with van der Waals surface area (Å²) in [6, 6.07) is -0.293. The van der Waals surface area contributed by atoms with Gasteiger partial charge in [0.25, 0.3) is 0 Å². The van der Waals surface area contributed by atoms with Crippen LogP contribution >= 0.6 is 0 Å². The summed E-state index contributed by atoms with van der Waals surface area (Å²) in [6.45, 7) is 9.78. The van der Waals surface area contributed by atoms with Crippen molar-refractivity contribution in [3.63, 3.8) is 0 Å². The van der Waals surface area contributed by atoms with Gasteiger partial charge in [-0.25, -0.2) is 4.79 Å². The summed E-state index contributed by atoms with van der Waals surface area (Å²) in [6.07, 6.45) is -0.0617. The molecule has 2 atom stereocenters. The Morgan fingerprint density at radius 1 is 1.33 bits per heavy atom. The lowest BCUT2D eigenvalue weighted by molar-refractivity contribution is -0.120. The number of amides is 1. The fraction of sp³-hybridized carbons (Fsp3) is 0.846. The zero-order valence-electron chi connectivity index (χ0n) is 11.9. The minimum atomic E-state index is -0.532. The summed E-state index contributed by atoms with van der Waals surface area (Å²) in [7, 11) is 0. The lowest BCUT2D eigenvalue weighted by Gasteiger charge is -2.40. The smallest absolute Gasteiger partial charge is 0.410 e. The summed E-state index contributed by atoms with van der Waals surface area (Å²) >= 11 is 0. The van der Waals surface area contributed by atoms with Crippen molar-refractivity contribution in [1.82, 2.24) is 4.90 Å². The third-order valence-corrected chi connectivity index (χ3v) is 2.66. The van der Waals surface area contributed by atoms with Crippen LogP contribution in [0.1, 0.15) is 41.0 Å². The van der Waals surface area contributed by atoms with E-state index >= 15 is 0 Å². The first-order chi connectivity index (χ1) is 8.20. The molecule has 1 aliphatic heterocycles. The summed E-state index contributed by atoms with van der Waals surface area (Å²) < 4.78 is 10.8. The SMILES string of the molecule is CC(=O)CC1COCC(C)N1C(=O)OC(C)(C)C. The molecule has 1 amide bonds. The maximum absolute atomic E-state index is 12.2. The number of carbonyl (C=O) groups is 2. The van der Waals surface area contributed by atoms with Crippen molar-refractivity contribution in [3.05, 3.63) is 0 Å². The molecule has 0 aliphatic carbocycles. The molecule has 1 aliphatic rings. The maximum Gasteiger partial charge on any atom is 0.410 e. The van der Waals surface area contributed by atoms with E-state index in [0.29, 0.717) is 19.6 Å². The summed E-state index contributed by atoms with van der Waals surface area (Å²) in [5.74, 6) is 0.0475. The minimum absolute atomic E-state index is 0.0475. The Hall–Kier alpha value is -1.10. The van der Waals surface area contributed by atoms with Crippen LogP contribution in [0.5, 0.6) is 0 Å². The number of hydrogen-bond acceptors (Lipinski definition) is 4. The van der Waals surface area contributed by atoms with Gasteiger partial charge < -0.3 is 9.47 Å². The molecule has 1 saturated heterocycles. The molecule has 1 rings (SSSR count). The number of nitrogens with zero attached hydrogens (tertiary/aromatic N) is 1. The Morgan fingerprint density at radius 2 is 1.94 bits per heavy atom. The number of morpholine rings is 1. The van der Waals surface area contributed by atoms with E-state index in [1.165, 1.54) is 6.92 Å². The molecule has 0 aromatic rings. The standard InChI is InChI=1S/C13H23NO4/c1-9-7-17-8-11(6-10(2)15)14(9)12(16)18-13(3,4)5/h9,11H,6-8H2,1-5H3. The van der Waals surface area contributed by atoms with Gasteiger partial charge in [-0.1, -0.05) is 0 Å². The van der Waals surface area contributed by atoms with Crippen molar-refractivity contribution in [2.24, 2.45) is 0 Å². The second-order valence-electron chi connectivity index (χ2n) is 5.83. The second-order valence-corrected chi connectivity index (χ2v) is 5.83. The molecule has 0 spiro atoms. The molecule has 0 aromatic heterocycles. The Labute approximate surface area is 108 Å². The second kappa shape index (κ2) is 5.69. The van der Waals surface area contributed by atoms with Crippen LogP contribution in [0, 0.1) is 0 Å². The van der Waals surface area contributed by atoms with Gasteiger partial charge in [0.15, 0.2) is 0 Å². The molecule has 0 N–H and O–H groups in total. The van der Waals surface area contributed by atoms with Crippen LogP contribution in [0.2, 0.25) is 0 Å². The van der Waals surface area contributed by atoms with Gasteiger partial charge in [0, 0.05) is 6.42 Å². The van der Waals surface area contributed by atoms with Gasteiger partial charge in [-0.05, 0) is 34.6 Å².